The Morgan fingerprint density at radius 2 is 0.789 bits per heavy atom. The third kappa shape index (κ3) is 36.2. The molecule has 0 saturated carbocycles. The first-order chi connectivity index (χ1) is 44.2. The van der Waals surface area contributed by atoms with E-state index in [9.17, 15) is 19.0 Å². The maximum Gasteiger partial charge on any atom is 0.472 e. The van der Waals surface area contributed by atoms with E-state index < -0.39 is 69.8 Å². The van der Waals surface area contributed by atoms with Crippen LogP contribution in [-0.2, 0) is 87.5 Å². The van der Waals surface area contributed by atoms with Gasteiger partial charge in [0.2, 0.25) is 0 Å². The molecule has 1 aliphatic rings. The van der Waals surface area contributed by atoms with Crippen LogP contribution >= 0.6 is 7.82 Å². The summed E-state index contributed by atoms with van der Waals surface area (Å²) in [4.78, 5) is 37.3. The van der Waals surface area contributed by atoms with Crippen LogP contribution in [0.4, 0.5) is 0 Å². The first-order valence-electron chi connectivity index (χ1n) is 35.0. The van der Waals surface area contributed by atoms with E-state index >= 15 is 0 Å². The second kappa shape index (κ2) is 50.2. The fourth-order valence-corrected chi connectivity index (χ4v) is 12.0. The zero-order chi connectivity index (χ0) is 63.6. The zero-order valence-corrected chi connectivity index (χ0v) is 56.1. The molecule has 4 aromatic carbocycles. The van der Waals surface area contributed by atoms with Gasteiger partial charge in [0.15, 0.2) is 12.4 Å². The van der Waals surface area contributed by atoms with Crippen LogP contribution in [-0.4, -0.2) is 86.7 Å². The second-order valence-electron chi connectivity index (χ2n) is 24.5. The molecule has 1 N–H and O–H groups in total. The molecule has 504 valence electrons. The van der Waals surface area contributed by atoms with E-state index in [2.05, 4.69) is 13.8 Å². The largest absolute Gasteiger partial charge is 0.472 e. The highest BCUT2D eigenvalue weighted by molar-refractivity contribution is 7.47. The third-order valence-corrected chi connectivity index (χ3v) is 17.6. The van der Waals surface area contributed by atoms with Crippen molar-refractivity contribution in [3.8, 4) is 0 Å². The molecule has 0 bridgehead atoms. The van der Waals surface area contributed by atoms with Gasteiger partial charge >= 0.3 is 19.8 Å². The van der Waals surface area contributed by atoms with Crippen molar-refractivity contribution in [1.82, 2.24) is 0 Å². The van der Waals surface area contributed by atoms with Crippen molar-refractivity contribution >= 4 is 19.8 Å². The summed E-state index contributed by atoms with van der Waals surface area (Å²) in [6, 6.07) is 39.3. The monoisotopic (exact) mass is 1270 g/mol. The molecule has 0 aliphatic carbocycles. The van der Waals surface area contributed by atoms with Crippen LogP contribution in [0.25, 0.3) is 0 Å². The molecule has 7 atom stereocenters. The molecular weight excluding hydrogens is 1160 g/mol. The molecule has 5 rings (SSSR count). The van der Waals surface area contributed by atoms with Gasteiger partial charge in [-0.2, -0.15) is 0 Å². The molecular formula is C75H115O14P. The average Bonchev–Trinajstić information content (AvgIpc) is 1.05. The summed E-state index contributed by atoms with van der Waals surface area (Å²) in [6.45, 7) is 4.15. The number of unbranched alkanes of at least 4 members (excludes halogenated alkanes) is 28. The lowest BCUT2D eigenvalue weighted by molar-refractivity contribution is -0.329. The first-order valence-corrected chi connectivity index (χ1v) is 36.5. The maximum absolute atomic E-state index is 13.6. The molecule has 1 aliphatic heterocycles. The van der Waals surface area contributed by atoms with Crippen molar-refractivity contribution in [3.05, 3.63) is 144 Å². The number of rotatable bonds is 56. The first kappa shape index (κ1) is 76.4. The van der Waals surface area contributed by atoms with Crippen molar-refractivity contribution < 1.29 is 66.0 Å². The highest BCUT2D eigenvalue weighted by atomic mass is 31.2. The number of phosphoric ester groups is 1. The summed E-state index contributed by atoms with van der Waals surface area (Å²) in [7, 11) is -4.78. The van der Waals surface area contributed by atoms with Gasteiger partial charge in [0.1, 0.15) is 31.0 Å². The molecule has 0 radical (unpaired) electrons. The van der Waals surface area contributed by atoms with Gasteiger partial charge in [0, 0.05) is 12.8 Å². The summed E-state index contributed by atoms with van der Waals surface area (Å²) in [5.41, 5.74) is 3.81. The number of ether oxygens (including phenoxy) is 8. The lowest BCUT2D eigenvalue weighted by atomic mass is 9.97. The Morgan fingerprint density at radius 3 is 1.21 bits per heavy atom. The van der Waals surface area contributed by atoms with Gasteiger partial charge in [0.25, 0.3) is 0 Å². The van der Waals surface area contributed by atoms with Gasteiger partial charge in [-0.15, -0.1) is 0 Å². The summed E-state index contributed by atoms with van der Waals surface area (Å²) in [5.74, 6) is -0.908. The number of carbonyl (C=O) groups excluding carboxylic acids is 2. The van der Waals surface area contributed by atoms with E-state index in [0.717, 1.165) is 60.8 Å². The van der Waals surface area contributed by atoms with Gasteiger partial charge in [-0.1, -0.05) is 315 Å². The Labute approximate surface area is 542 Å². The second-order valence-corrected chi connectivity index (χ2v) is 25.9. The van der Waals surface area contributed by atoms with E-state index in [-0.39, 0.29) is 52.5 Å². The van der Waals surface area contributed by atoms with Crippen molar-refractivity contribution in [1.29, 1.82) is 0 Å². The van der Waals surface area contributed by atoms with Crippen molar-refractivity contribution in [2.75, 3.05) is 33.0 Å². The third-order valence-electron chi connectivity index (χ3n) is 16.6. The minimum Gasteiger partial charge on any atom is -0.462 e. The molecule has 15 heteroatoms. The number of phosphoric acid groups is 1. The van der Waals surface area contributed by atoms with Crippen molar-refractivity contribution in [2.45, 2.75) is 283 Å². The molecule has 1 saturated heterocycles. The van der Waals surface area contributed by atoms with Gasteiger partial charge in [0.05, 0.1) is 52.9 Å². The Bertz CT molecular complexity index is 2380. The van der Waals surface area contributed by atoms with Crippen LogP contribution in [0.5, 0.6) is 0 Å². The van der Waals surface area contributed by atoms with Crippen molar-refractivity contribution in [3.63, 3.8) is 0 Å². The van der Waals surface area contributed by atoms with Crippen LogP contribution in [0.15, 0.2) is 121 Å². The van der Waals surface area contributed by atoms with E-state index in [1.165, 1.54) is 141 Å². The Morgan fingerprint density at radius 1 is 0.422 bits per heavy atom. The molecule has 1 heterocycles. The van der Waals surface area contributed by atoms with Crippen molar-refractivity contribution in [2.24, 2.45) is 0 Å². The van der Waals surface area contributed by atoms with Gasteiger partial charge in [-0.25, -0.2) is 4.57 Å². The standard InChI is InChI=1S/C75H115O14P/c1-3-5-7-9-11-13-15-17-19-21-23-25-27-29-43-53-70(76)82-61-68(88-71(77)54-44-30-28-26-24-22-20-18-16-14-12-10-8-6-4-2)62-87-90(78,79)86-56-55-81-75-74(85-60-67-51-41-34-42-52-67)73(84-59-66-49-39-33-40-50-66)72(83-58-65-47-37-32-38-48-65)69(89-75)63-80-57-64-45-35-31-36-46-64/h31-42,45-52,68-69,72-75H,3-30,43-44,53-63H2,1-2H3,(H,78,79). The number of hydrogen-bond donors (Lipinski definition) is 1. The fourth-order valence-electron chi connectivity index (χ4n) is 11.3. The molecule has 0 aromatic heterocycles. The SMILES string of the molecule is CCCCCCCCCCCCCCCCCC(=O)OCC(COP(=O)(O)OCCOC1OC(COCc2ccccc2)C(OCc2ccccc2)C(OCc2ccccc2)C1OCc1ccccc1)OC(=O)CCCCCCCCCCCCCCCCC. The van der Waals surface area contributed by atoms with Gasteiger partial charge in [-0.3, -0.25) is 18.6 Å². The summed E-state index contributed by atoms with van der Waals surface area (Å²) >= 11 is 0. The van der Waals surface area contributed by atoms with Crippen LogP contribution < -0.4 is 0 Å². The quantitative estimate of drug-likeness (QED) is 0.0252. The molecule has 90 heavy (non-hydrogen) atoms. The predicted octanol–water partition coefficient (Wildman–Crippen LogP) is 18.8. The highest BCUT2D eigenvalue weighted by Gasteiger charge is 2.49. The number of carbonyl (C=O) groups is 2. The smallest absolute Gasteiger partial charge is 0.462 e. The molecule has 14 nitrogen and oxygen atoms in total. The van der Waals surface area contributed by atoms with E-state index in [1.54, 1.807) is 0 Å². The van der Waals surface area contributed by atoms with Gasteiger partial charge in [-0.05, 0) is 35.1 Å². The summed E-state index contributed by atoms with van der Waals surface area (Å²) < 4.78 is 75.8. The van der Waals surface area contributed by atoms with Crippen LogP contribution in [0.2, 0.25) is 0 Å². The number of hydrogen-bond acceptors (Lipinski definition) is 13. The topological polar surface area (TPSA) is 164 Å². The lowest BCUT2D eigenvalue weighted by Crippen LogP contribution is -2.62. The Hall–Kier alpha value is -4.31. The maximum atomic E-state index is 13.6. The number of benzene rings is 4. The fraction of sp³-hybridized carbons (Fsp3) is 0.653. The molecule has 0 amide bonds. The summed E-state index contributed by atoms with van der Waals surface area (Å²) in [5, 5.41) is 0. The van der Waals surface area contributed by atoms with E-state index in [4.69, 9.17) is 46.9 Å². The molecule has 4 aromatic rings. The minimum atomic E-state index is -4.78. The van der Waals surface area contributed by atoms with Crippen LogP contribution in [0, 0.1) is 0 Å². The zero-order valence-electron chi connectivity index (χ0n) is 55.2. The van der Waals surface area contributed by atoms with Crippen LogP contribution in [0.1, 0.15) is 242 Å². The van der Waals surface area contributed by atoms with E-state index in [0.29, 0.717) is 19.4 Å². The van der Waals surface area contributed by atoms with Crippen LogP contribution in [0.3, 0.4) is 0 Å². The lowest BCUT2D eigenvalue weighted by Gasteiger charge is -2.46. The number of esters is 2. The highest BCUT2D eigenvalue weighted by Crippen LogP contribution is 2.43. The van der Waals surface area contributed by atoms with Gasteiger partial charge < -0.3 is 42.8 Å². The molecule has 0 spiro atoms. The normalized spacial score (nSPS) is 17.7. The predicted molar refractivity (Wildman–Crippen MR) is 357 cm³/mol. The molecule has 1 fully saturated rings. The Kier molecular flexibility index (Phi) is 42.6. The van der Waals surface area contributed by atoms with E-state index in [1.807, 2.05) is 121 Å². The molecule has 7 unspecified atom stereocenters. The minimum absolute atomic E-state index is 0.112. The summed E-state index contributed by atoms with van der Waals surface area (Å²) in [6.07, 6.45) is 31.6. The Balaban J connectivity index is 1.15. The average molecular weight is 1270 g/mol.